The number of nitrogen functional groups attached to an aromatic ring is 1. The summed E-state index contributed by atoms with van der Waals surface area (Å²) in [7, 11) is 0. The second-order valence-electron chi connectivity index (χ2n) is 6.16. The quantitative estimate of drug-likeness (QED) is 0.496. The summed E-state index contributed by atoms with van der Waals surface area (Å²) >= 11 is 6.02. The highest BCUT2D eigenvalue weighted by Gasteiger charge is 2.19. The van der Waals surface area contributed by atoms with Crippen LogP contribution in [0.25, 0.3) is 33.3 Å². The average Bonchev–Trinajstić information content (AvgIpc) is 2.68. The molecule has 0 atom stereocenters. The monoisotopic (exact) mass is 374 g/mol. The number of anilines is 1. The van der Waals surface area contributed by atoms with E-state index in [9.17, 15) is 9.90 Å². The molecule has 4 aromatic rings. The number of rotatable bonds is 3. The van der Waals surface area contributed by atoms with Crippen molar-refractivity contribution in [3.05, 3.63) is 83.4 Å². The van der Waals surface area contributed by atoms with Crippen molar-refractivity contribution in [3.8, 4) is 22.4 Å². The summed E-state index contributed by atoms with van der Waals surface area (Å²) in [6.07, 6.45) is 0. The lowest BCUT2D eigenvalue weighted by Gasteiger charge is -2.12. The maximum atomic E-state index is 11.8. The minimum Gasteiger partial charge on any atom is -0.478 e. The fraction of sp³-hybridized carbons (Fsp3) is 0. The molecular formula is C22H15ClN2O2. The number of nitrogens with two attached hydrogens (primary N) is 1. The third-order valence-electron chi connectivity index (χ3n) is 4.46. The summed E-state index contributed by atoms with van der Waals surface area (Å²) in [6.45, 7) is 0. The first-order valence-electron chi connectivity index (χ1n) is 8.32. The molecule has 0 saturated carbocycles. The molecule has 1 heterocycles. The summed E-state index contributed by atoms with van der Waals surface area (Å²) in [5.41, 5.74) is 10.2. The highest BCUT2D eigenvalue weighted by molar-refractivity contribution is 6.31. The van der Waals surface area contributed by atoms with Gasteiger partial charge in [-0.15, -0.1) is 0 Å². The molecule has 4 nitrogen and oxygen atoms in total. The van der Waals surface area contributed by atoms with Crippen molar-refractivity contribution in [3.63, 3.8) is 0 Å². The molecular weight excluding hydrogens is 360 g/mol. The van der Waals surface area contributed by atoms with E-state index in [0.717, 1.165) is 16.7 Å². The second-order valence-corrected chi connectivity index (χ2v) is 6.60. The molecule has 27 heavy (non-hydrogen) atoms. The van der Waals surface area contributed by atoms with E-state index in [2.05, 4.69) is 4.98 Å². The first-order chi connectivity index (χ1) is 13.0. The van der Waals surface area contributed by atoms with Crippen LogP contribution in [0.2, 0.25) is 5.02 Å². The number of nitrogens with zero attached hydrogens (tertiary/aromatic N) is 1. The van der Waals surface area contributed by atoms with E-state index in [1.807, 2.05) is 54.6 Å². The van der Waals surface area contributed by atoms with Crippen LogP contribution < -0.4 is 5.73 Å². The number of carboxylic acids is 1. The topological polar surface area (TPSA) is 76.2 Å². The molecule has 0 bridgehead atoms. The van der Waals surface area contributed by atoms with Gasteiger partial charge < -0.3 is 10.8 Å². The Balaban J connectivity index is 1.88. The lowest BCUT2D eigenvalue weighted by molar-refractivity contribution is 0.0700. The van der Waals surface area contributed by atoms with Gasteiger partial charge in [0, 0.05) is 16.0 Å². The van der Waals surface area contributed by atoms with Gasteiger partial charge in [0.05, 0.1) is 22.5 Å². The van der Waals surface area contributed by atoms with Gasteiger partial charge in [0.15, 0.2) is 0 Å². The zero-order valence-corrected chi connectivity index (χ0v) is 14.9. The maximum Gasteiger partial charge on any atom is 0.338 e. The summed E-state index contributed by atoms with van der Waals surface area (Å²) in [5, 5.41) is 10.5. The lowest BCUT2D eigenvalue weighted by Crippen LogP contribution is -2.07. The lowest BCUT2D eigenvalue weighted by atomic mass is 9.99. The fourth-order valence-corrected chi connectivity index (χ4v) is 3.32. The van der Waals surface area contributed by atoms with Gasteiger partial charge >= 0.3 is 5.97 Å². The van der Waals surface area contributed by atoms with Crippen LogP contribution >= 0.6 is 11.6 Å². The second kappa shape index (κ2) is 6.74. The smallest absolute Gasteiger partial charge is 0.338 e. The number of benzene rings is 3. The average molecular weight is 375 g/mol. The van der Waals surface area contributed by atoms with E-state index in [1.165, 1.54) is 0 Å². The molecule has 0 amide bonds. The molecule has 0 aliphatic rings. The van der Waals surface area contributed by atoms with Gasteiger partial charge in [-0.2, -0.15) is 0 Å². The Hall–Kier alpha value is -3.37. The van der Waals surface area contributed by atoms with Crippen molar-refractivity contribution in [2.24, 2.45) is 0 Å². The van der Waals surface area contributed by atoms with Gasteiger partial charge in [-0.3, -0.25) is 0 Å². The van der Waals surface area contributed by atoms with Crippen LogP contribution in [0.15, 0.2) is 72.8 Å². The number of hydrogen-bond acceptors (Lipinski definition) is 3. The van der Waals surface area contributed by atoms with Crippen molar-refractivity contribution >= 4 is 34.2 Å². The molecule has 0 fully saturated rings. The van der Waals surface area contributed by atoms with Crippen LogP contribution in [-0.4, -0.2) is 16.1 Å². The van der Waals surface area contributed by atoms with Crippen molar-refractivity contribution in [2.75, 3.05) is 5.73 Å². The molecule has 3 N–H and O–H groups in total. The van der Waals surface area contributed by atoms with E-state index in [4.69, 9.17) is 17.3 Å². The van der Waals surface area contributed by atoms with Crippen LogP contribution in [0.3, 0.4) is 0 Å². The number of carboxylic acid groups (broad SMARTS) is 1. The van der Waals surface area contributed by atoms with Gasteiger partial charge in [-0.25, -0.2) is 9.78 Å². The van der Waals surface area contributed by atoms with E-state index < -0.39 is 5.97 Å². The number of halogens is 1. The van der Waals surface area contributed by atoms with E-state index in [1.54, 1.807) is 18.2 Å². The third kappa shape index (κ3) is 3.11. The molecule has 0 aliphatic carbocycles. The zero-order chi connectivity index (χ0) is 19.0. The van der Waals surface area contributed by atoms with Crippen molar-refractivity contribution in [2.45, 2.75) is 0 Å². The predicted molar refractivity (Wildman–Crippen MR) is 109 cm³/mol. The molecule has 132 valence electrons. The molecule has 0 radical (unpaired) electrons. The minimum atomic E-state index is -1.11. The van der Waals surface area contributed by atoms with Gasteiger partial charge in [-0.05, 0) is 29.3 Å². The Bertz CT molecular complexity index is 1160. The minimum absolute atomic E-state index is 0.0182. The molecule has 5 heteroatoms. The highest BCUT2D eigenvalue weighted by Crippen LogP contribution is 2.34. The van der Waals surface area contributed by atoms with Gasteiger partial charge in [0.1, 0.15) is 0 Å². The summed E-state index contributed by atoms with van der Waals surface area (Å²) in [4.78, 5) is 16.4. The molecule has 0 unspecified atom stereocenters. The predicted octanol–water partition coefficient (Wildman–Crippen LogP) is 5.50. The fourth-order valence-electron chi connectivity index (χ4n) is 3.15. The number of carbonyl (C=O) groups is 1. The third-order valence-corrected chi connectivity index (χ3v) is 4.70. The highest BCUT2D eigenvalue weighted by atomic mass is 35.5. The molecule has 4 rings (SSSR count). The molecule has 0 saturated heterocycles. The first kappa shape index (κ1) is 17.1. The van der Waals surface area contributed by atoms with E-state index in [0.29, 0.717) is 21.6 Å². The number of aromatic nitrogens is 1. The Morgan fingerprint density at radius 2 is 1.52 bits per heavy atom. The Labute approximate surface area is 160 Å². The number of pyridine rings is 1. The zero-order valence-electron chi connectivity index (χ0n) is 14.2. The number of fused-ring (bicyclic) bond motifs is 1. The van der Waals surface area contributed by atoms with Crippen LogP contribution in [-0.2, 0) is 0 Å². The van der Waals surface area contributed by atoms with Crippen LogP contribution in [0.4, 0.5) is 5.69 Å². The number of aromatic carboxylic acids is 1. The van der Waals surface area contributed by atoms with Crippen molar-refractivity contribution in [1.82, 2.24) is 4.98 Å². The first-order valence-corrected chi connectivity index (χ1v) is 8.70. The molecule has 0 aliphatic heterocycles. The normalized spacial score (nSPS) is 10.9. The standard InChI is InChI=1S/C22H15ClN2O2/c23-16-10-11-18-17(12-16)19(22(26)27)20(24)21(25-18)15-8-6-14(7-9-15)13-4-2-1-3-5-13/h1-12H,24H2,(H,26,27). The van der Waals surface area contributed by atoms with Crippen LogP contribution in [0.1, 0.15) is 10.4 Å². The van der Waals surface area contributed by atoms with Crippen LogP contribution in [0, 0.1) is 0 Å². The molecule has 1 aromatic heterocycles. The van der Waals surface area contributed by atoms with E-state index in [-0.39, 0.29) is 11.3 Å². The van der Waals surface area contributed by atoms with Crippen molar-refractivity contribution < 1.29 is 9.90 Å². The summed E-state index contributed by atoms with van der Waals surface area (Å²) in [5.74, 6) is -1.11. The SMILES string of the molecule is Nc1c(-c2ccc(-c3ccccc3)cc2)nc2ccc(Cl)cc2c1C(=O)O. The number of hydrogen-bond donors (Lipinski definition) is 2. The Kier molecular flexibility index (Phi) is 4.26. The van der Waals surface area contributed by atoms with Crippen molar-refractivity contribution in [1.29, 1.82) is 0 Å². The summed E-state index contributed by atoms with van der Waals surface area (Å²) in [6, 6.07) is 22.7. The molecule has 3 aromatic carbocycles. The largest absolute Gasteiger partial charge is 0.478 e. The maximum absolute atomic E-state index is 11.8. The van der Waals surface area contributed by atoms with Gasteiger partial charge in [0.25, 0.3) is 0 Å². The van der Waals surface area contributed by atoms with E-state index >= 15 is 0 Å². The Morgan fingerprint density at radius 3 is 2.19 bits per heavy atom. The summed E-state index contributed by atoms with van der Waals surface area (Å²) < 4.78 is 0. The molecule has 0 spiro atoms. The van der Waals surface area contributed by atoms with Gasteiger partial charge in [0.2, 0.25) is 0 Å². The Morgan fingerprint density at radius 1 is 0.889 bits per heavy atom. The van der Waals surface area contributed by atoms with Gasteiger partial charge in [-0.1, -0.05) is 66.2 Å². The van der Waals surface area contributed by atoms with Crippen LogP contribution in [0.5, 0.6) is 0 Å².